The highest BCUT2D eigenvalue weighted by Gasteiger charge is 2.00. The normalized spacial score (nSPS) is 9.27. The Morgan fingerprint density at radius 1 is 1.55 bits per heavy atom. The molecule has 0 saturated heterocycles. The van der Waals surface area contributed by atoms with E-state index in [9.17, 15) is 4.79 Å². The summed E-state index contributed by atoms with van der Waals surface area (Å²) >= 11 is 3.24. The van der Waals surface area contributed by atoms with Crippen molar-refractivity contribution in [1.82, 2.24) is 0 Å². The fourth-order valence-corrected chi connectivity index (χ4v) is 1.27. The number of benzene rings is 1. The van der Waals surface area contributed by atoms with Crippen LogP contribution in [0.1, 0.15) is 10.4 Å². The summed E-state index contributed by atoms with van der Waals surface area (Å²) < 4.78 is 5.60. The largest absolute Gasteiger partial charge is 0.540 e. The molecule has 0 aliphatic rings. The molecule has 0 amide bonds. The zero-order chi connectivity index (χ0) is 8.27. The maximum Gasteiger partial charge on any atom is 0.341 e. The van der Waals surface area contributed by atoms with Crippen LogP contribution in [-0.2, 0) is 0 Å². The van der Waals surface area contributed by atoms with Crippen molar-refractivity contribution in [3.8, 4) is 5.75 Å². The lowest BCUT2D eigenvalue weighted by Crippen LogP contribution is -1.90. The van der Waals surface area contributed by atoms with E-state index < -0.39 is 0 Å². The minimum atomic E-state index is 0.509. The van der Waals surface area contributed by atoms with E-state index in [-0.39, 0.29) is 0 Å². The lowest BCUT2D eigenvalue weighted by molar-refractivity contribution is 0.112. The van der Waals surface area contributed by atoms with Crippen molar-refractivity contribution >= 4 is 32.7 Å². The van der Waals surface area contributed by atoms with Gasteiger partial charge < -0.3 is 4.43 Å². The van der Waals surface area contributed by atoms with Crippen molar-refractivity contribution < 1.29 is 9.22 Å². The molecule has 0 fully saturated rings. The quantitative estimate of drug-likeness (QED) is 0.569. The fraction of sp³-hybridized carbons (Fsp3) is 0. The van der Waals surface area contributed by atoms with Crippen molar-refractivity contribution in [3.05, 3.63) is 28.2 Å². The Hall–Kier alpha value is -0.613. The van der Waals surface area contributed by atoms with Crippen LogP contribution in [0.25, 0.3) is 0 Å². The van der Waals surface area contributed by atoms with Crippen LogP contribution in [0, 0.1) is 0 Å². The molecule has 0 aliphatic heterocycles. The first-order chi connectivity index (χ1) is 5.27. The second kappa shape index (κ2) is 3.68. The minimum absolute atomic E-state index is 0.509. The highest BCUT2D eigenvalue weighted by Crippen LogP contribution is 2.20. The van der Waals surface area contributed by atoms with E-state index in [1.54, 1.807) is 18.2 Å². The van der Waals surface area contributed by atoms with Gasteiger partial charge in [-0.2, -0.15) is 0 Å². The predicted octanol–water partition coefficient (Wildman–Crippen LogP) is 1.72. The lowest BCUT2D eigenvalue weighted by atomic mass is 10.2. The number of rotatable bonds is 2. The van der Waals surface area contributed by atoms with Gasteiger partial charge in [-0.15, -0.1) is 0 Å². The number of carbonyl (C=O) groups excluding carboxylic acids is 1. The van der Waals surface area contributed by atoms with Crippen LogP contribution < -0.4 is 4.43 Å². The van der Waals surface area contributed by atoms with Gasteiger partial charge in [-0.05, 0) is 18.2 Å². The molecule has 0 heterocycles. The van der Waals surface area contributed by atoms with Crippen LogP contribution in [0.4, 0.5) is 0 Å². The molecule has 3 radical (unpaired) electrons. The third kappa shape index (κ3) is 1.91. The molecule has 0 spiro atoms. The van der Waals surface area contributed by atoms with Crippen molar-refractivity contribution in [2.75, 3.05) is 0 Å². The summed E-state index contributed by atoms with van der Waals surface area (Å²) in [6.07, 6.45) is 0.736. The van der Waals surface area contributed by atoms with Gasteiger partial charge in [-0.3, -0.25) is 4.79 Å². The Morgan fingerprint density at radius 3 is 2.82 bits per heavy atom. The molecule has 0 unspecified atom stereocenters. The van der Waals surface area contributed by atoms with Gasteiger partial charge in [0.2, 0.25) is 0 Å². The van der Waals surface area contributed by atoms with Gasteiger partial charge >= 0.3 is 10.5 Å². The highest BCUT2D eigenvalue weighted by atomic mass is 79.9. The zero-order valence-electron chi connectivity index (χ0n) is 5.50. The molecule has 11 heavy (non-hydrogen) atoms. The molecule has 55 valence electrons. The van der Waals surface area contributed by atoms with E-state index in [2.05, 4.69) is 26.4 Å². The second-order valence-corrected chi connectivity index (χ2v) is 3.02. The van der Waals surface area contributed by atoms with Gasteiger partial charge in [0.05, 0.1) is 5.56 Å². The molecule has 0 aliphatic carbocycles. The Bertz CT molecular complexity index is 275. The smallest absolute Gasteiger partial charge is 0.341 e. The predicted molar refractivity (Wildman–Crippen MR) is 45.9 cm³/mol. The number of hydrogen-bond donors (Lipinski definition) is 0. The maximum atomic E-state index is 10.4. The topological polar surface area (TPSA) is 26.3 Å². The summed E-state index contributed by atoms with van der Waals surface area (Å²) in [6, 6.07) is 5.17. The number of carbonyl (C=O) groups is 1. The lowest BCUT2D eigenvalue weighted by Gasteiger charge is -2.02. The Balaban J connectivity index is 3.16. The first kappa shape index (κ1) is 8.48. The van der Waals surface area contributed by atoms with Gasteiger partial charge in [0.25, 0.3) is 0 Å². The summed E-state index contributed by atoms with van der Waals surface area (Å²) in [5.41, 5.74) is 0.509. The molecule has 1 aromatic carbocycles. The second-order valence-electron chi connectivity index (χ2n) is 1.90. The molecule has 0 saturated carbocycles. The van der Waals surface area contributed by atoms with Crippen LogP contribution in [0.2, 0.25) is 0 Å². The van der Waals surface area contributed by atoms with Crippen molar-refractivity contribution in [1.29, 1.82) is 0 Å². The molecule has 1 aromatic rings. The van der Waals surface area contributed by atoms with Crippen LogP contribution in [-0.4, -0.2) is 16.8 Å². The molecule has 0 aromatic heterocycles. The third-order valence-electron chi connectivity index (χ3n) is 1.21. The van der Waals surface area contributed by atoms with E-state index >= 15 is 0 Å². The van der Waals surface area contributed by atoms with Gasteiger partial charge in [-0.1, -0.05) is 15.9 Å². The number of aldehydes is 1. The van der Waals surface area contributed by atoms with E-state index in [4.69, 9.17) is 4.43 Å². The number of halogens is 1. The molecule has 0 N–H and O–H groups in total. The number of hydrogen-bond acceptors (Lipinski definition) is 2. The fourth-order valence-electron chi connectivity index (χ4n) is 0.704. The average molecular weight is 228 g/mol. The van der Waals surface area contributed by atoms with Gasteiger partial charge in [0.15, 0.2) is 6.29 Å². The Labute approximate surface area is 76.2 Å². The van der Waals surface area contributed by atoms with Gasteiger partial charge in [0, 0.05) is 4.47 Å². The maximum absolute atomic E-state index is 10.4. The van der Waals surface area contributed by atoms with Crippen molar-refractivity contribution in [2.45, 2.75) is 0 Å². The molecular weight excluding hydrogens is 224 g/mol. The van der Waals surface area contributed by atoms with E-state index in [0.29, 0.717) is 11.3 Å². The van der Waals surface area contributed by atoms with E-state index in [1.165, 1.54) is 0 Å². The average Bonchev–Trinajstić information content (AvgIpc) is 2.04. The van der Waals surface area contributed by atoms with Crippen LogP contribution >= 0.6 is 15.9 Å². The van der Waals surface area contributed by atoms with Gasteiger partial charge in [-0.25, -0.2) is 0 Å². The molecular formula is C7H4BrO2Si. The summed E-state index contributed by atoms with van der Waals surface area (Å²) in [5.74, 6) is 0.514. The summed E-state index contributed by atoms with van der Waals surface area (Å²) in [6.45, 7) is 0. The summed E-state index contributed by atoms with van der Waals surface area (Å²) in [4.78, 5) is 10.4. The van der Waals surface area contributed by atoms with Crippen LogP contribution in [0.15, 0.2) is 22.7 Å². The molecule has 0 atom stereocenters. The van der Waals surface area contributed by atoms with Gasteiger partial charge in [0.1, 0.15) is 5.75 Å². The van der Waals surface area contributed by atoms with E-state index in [0.717, 1.165) is 10.8 Å². The summed E-state index contributed by atoms with van der Waals surface area (Å²) in [7, 11) is 2.85. The molecule has 4 heteroatoms. The first-order valence-electron chi connectivity index (χ1n) is 2.86. The minimum Gasteiger partial charge on any atom is -0.540 e. The summed E-state index contributed by atoms with van der Waals surface area (Å²) in [5, 5.41) is 0. The molecule has 1 rings (SSSR count). The zero-order valence-corrected chi connectivity index (χ0v) is 8.09. The van der Waals surface area contributed by atoms with Crippen molar-refractivity contribution in [2.24, 2.45) is 0 Å². The highest BCUT2D eigenvalue weighted by molar-refractivity contribution is 9.10. The van der Waals surface area contributed by atoms with Crippen LogP contribution in [0.5, 0.6) is 5.75 Å². The molecule has 0 bridgehead atoms. The third-order valence-corrected chi connectivity index (χ3v) is 1.92. The standard InChI is InChI=1S/C7H4BrO2Si/c8-6-1-2-7(10-11)5(3-6)4-9/h1-4H. The first-order valence-corrected chi connectivity index (χ1v) is 4.06. The Morgan fingerprint density at radius 2 is 2.27 bits per heavy atom. The van der Waals surface area contributed by atoms with Crippen molar-refractivity contribution in [3.63, 3.8) is 0 Å². The van der Waals surface area contributed by atoms with E-state index in [1.807, 2.05) is 0 Å². The monoisotopic (exact) mass is 227 g/mol. The Kier molecular flexibility index (Phi) is 2.84. The van der Waals surface area contributed by atoms with Crippen LogP contribution in [0.3, 0.4) is 0 Å². The molecule has 2 nitrogen and oxygen atoms in total. The SMILES string of the molecule is O=Cc1cc(Br)ccc1O[Si].